The highest BCUT2D eigenvalue weighted by molar-refractivity contribution is 6.00. The Kier molecular flexibility index (Phi) is 7.22. The fourth-order valence-electron chi connectivity index (χ4n) is 6.38. The Morgan fingerprint density at radius 3 is 2.69 bits per heavy atom. The SMILES string of the molecule is COCCN(C[C@@H]1CCCN2CCCC[C@H]12)C(=O)Cc1c(C)c2cc3c(C)coc3c(C)c2oc1=O. The van der Waals surface area contributed by atoms with Crippen LogP contribution in [0.4, 0.5) is 0 Å². The number of piperidine rings is 2. The zero-order valence-corrected chi connectivity index (χ0v) is 22.0. The molecule has 3 aromatic rings. The predicted molar refractivity (Wildman–Crippen MR) is 141 cm³/mol. The number of benzene rings is 1. The van der Waals surface area contributed by atoms with Crippen LogP contribution in [0.15, 0.2) is 26.0 Å². The first kappa shape index (κ1) is 25.0. The molecule has 36 heavy (non-hydrogen) atoms. The van der Waals surface area contributed by atoms with Gasteiger partial charge in [-0.05, 0) is 82.7 Å². The lowest BCUT2D eigenvalue weighted by atomic mass is 9.83. The third kappa shape index (κ3) is 4.59. The van der Waals surface area contributed by atoms with Crippen molar-refractivity contribution in [3.05, 3.63) is 45.0 Å². The number of rotatable bonds is 7. The van der Waals surface area contributed by atoms with Gasteiger partial charge in [-0.15, -0.1) is 0 Å². The minimum absolute atomic E-state index is 0.0352. The van der Waals surface area contributed by atoms with Gasteiger partial charge in [-0.2, -0.15) is 0 Å². The van der Waals surface area contributed by atoms with Crippen molar-refractivity contribution in [2.24, 2.45) is 5.92 Å². The van der Waals surface area contributed by atoms with Crippen LogP contribution < -0.4 is 5.63 Å². The van der Waals surface area contributed by atoms with Crippen LogP contribution in [-0.4, -0.2) is 61.6 Å². The summed E-state index contributed by atoms with van der Waals surface area (Å²) in [6.45, 7) is 9.91. The average molecular weight is 495 g/mol. The van der Waals surface area contributed by atoms with Gasteiger partial charge >= 0.3 is 5.63 Å². The van der Waals surface area contributed by atoms with Crippen LogP contribution in [0.5, 0.6) is 0 Å². The molecule has 0 N–H and O–H groups in total. The standard InChI is InChI=1S/C29H38N2O5/c1-18-17-35-27-20(3)28-23(14-22(18)27)19(2)24(29(33)36-28)15-26(32)31(12-13-34-4)16-21-8-7-11-30-10-6-5-9-25(21)30/h14,17,21,25H,5-13,15-16H2,1-4H3/t21-,25+/m0/s1. The number of amides is 1. The molecule has 2 atom stereocenters. The second-order valence-corrected chi connectivity index (χ2v) is 10.7. The van der Waals surface area contributed by atoms with E-state index in [9.17, 15) is 9.59 Å². The Bertz CT molecular complexity index is 1320. The first-order valence-electron chi connectivity index (χ1n) is 13.3. The molecule has 2 fully saturated rings. The fourth-order valence-corrected chi connectivity index (χ4v) is 6.38. The monoisotopic (exact) mass is 494 g/mol. The Morgan fingerprint density at radius 1 is 1.08 bits per heavy atom. The molecule has 2 saturated heterocycles. The second-order valence-electron chi connectivity index (χ2n) is 10.7. The quantitative estimate of drug-likeness (QED) is 0.442. The summed E-state index contributed by atoms with van der Waals surface area (Å²) in [5, 5.41) is 1.87. The average Bonchev–Trinajstić information content (AvgIpc) is 3.25. The molecule has 2 aliphatic heterocycles. The number of nitrogens with zero attached hydrogens (tertiary/aromatic N) is 2. The lowest BCUT2D eigenvalue weighted by Crippen LogP contribution is -2.52. The van der Waals surface area contributed by atoms with Crippen molar-refractivity contribution in [1.29, 1.82) is 0 Å². The largest absolute Gasteiger partial charge is 0.464 e. The first-order valence-corrected chi connectivity index (χ1v) is 13.3. The van der Waals surface area contributed by atoms with E-state index < -0.39 is 5.63 Å². The van der Waals surface area contributed by atoms with E-state index in [-0.39, 0.29) is 12.3 Å². The third-order valence-corrected chi connectivity index (χ3v) is 8.46. The molecule has 7 nitrogen and oxygen atoms in total. The molecule has 194 valence electrons. The van der Waals surface area contributed by atoms with Crippen molar-refractivity contribution in [1.82, 2.24) is 9.80 Å². The molecular weight excluding hydrogens is 456 g/mol. The van der Waals surface area contributed by atoms with Crippen LogP contribution in [-0.2, 0) is 16.0 Å². The zero-order valence-electron chi connectivity index (χ0n) is 22.0. The highest BCUT2D eigenvalue weighted by Crippen LogP contribution is 2.34. The van der Waals surface area contributed by atoms with Crippen LogP contribution >= 0.6 is 0 Å². The number of methoxy groups -OCH3 is 1. The minimum atomic E-state index is -0.443. The molecule has 1 aromatic carbocycles. The lowest BCUT2D eigenvalue weighted by Gasteiger charge is -2.45. The zero-order chi connectivity index (χ0) is 25.4. The molecule has 5 rings (SSSR count). The van der Waals surface area contributed by atoms with Gasteiger partial charge in [0.15, 0.2) is 0 Å². The van der Waals surface area contributed by atoms with Gasteiger partial charge < -0.3 is 23.4 Å². The summed E-state index contributed by atoms with van der Waals surface area (Å²) in [6.07, 6.45) is 7.85. The van der Waals surface area contributed by atoms with Crippen molar-refractivity contribution >= 4 is 27.8 Å². The topological polar surface area (TPSA) is 76.1 Å². The number of carbonyl (C=O) groups is 1. The van der Waals surface area contributed by atoms with Crippen molar-refractivity contribution in [2.75, 3.05) is 39.9 Å². The normalized spacial score (nSPS) is 20.7. The van der Waals surface area contributed by atoms with E-state index in [1.54, 1.807) is 13.4 Å². The minimum Gasteiger partial charge on any atom is -0.464 e. The molecule has 4 heterocycles. The maximum Gasteiger partial charge on any atom is 0.340 e. The van der Waals surface area contributed by atoms with Crippen molar-refractivity contribution in [2.45, 2.75) is 65.3 Å². The summed E-state index contributed by atoms with van der Waals surface area (Å²) in [5.74, 6) is 0.431. The van der Waals surface area contributed by atoms with E-state index in [2.05, 4.69) is 4.90 Å². The number of fused-ring (bicyclic) bond motifs is 3. The number of ether oxygens (including phenoxy) is 1. The van der Waals surface area contributed by atoms with Crippen LogP contribution in [0.3, 0.4) is 0 Å². The van der Waals surface area contributed by atoms with Gasteiger partial charge in [-0.25, -0.2) is 4.79 Å². The Balaban J connectivity index is 1.43. The summed E-state index contributed by atoms with van der Waals surface area (Å²) in [6, 6.07) is 2.58. The summed E-state index contributed by atoms with van der Waals surface area (Å²) in [7, 11) is 1.66. The van der Waals surface area contributed by atoms with Crippen LogP contribution in [0.1, 0.15) is 54.4 Å². The van der Waals surface area contributed by atoms with Crippen molar-refractivity contribution in [3.8, 4) is 0 Å². The number of hydrogen-bond acceptors (Lipinski definition) is 6. The highest BCUT2D eigenvalue weighted by Gasteiger charge is 2.35. The van der Waals surface area contributed by atoms with Gasteiger partial charge in [0.05, 0.1) is 24.9 Å². The van der Waals surface area contributed by atoms with Gasteiger partial charge in [0, 0.05) is 42.6 Å². The molecule has 2 aromatic heterocycles. The molecule has 0 aliphatic carbocycles. The number of aryl methyl sites for hydroxylation is 3. The molecule has 1 amide bonds. The summed E-state index contributed by atoms with van der Waals surface area (Å²) in [4.78, 5) is 31.3. The van der Waals surface area contributed by atoms with E-state index >= 15 is 0 Å². The lowest BCUT2D eigenvalue weighted by molar-refractivity contribution is -0.132. The maximum absolute atomic E-state index is 13.6. The molecule has 0 unspecified atom stereocenters. The molecular formula is C29H38N2O5. The summed E-state index contributed by atoms with van der Waals surface area (Å²) in [5.41, 5.74) is 3.92. The van der Waals surface area contributed by atoms with Gasteiger partial charge in [0.2, 0.25) is 5.91 Å². The fraction of sp³-hybridized carbons (Fsp3) is 0.586. The Morgan fingerprint density at radius 2 is 1.89 bits per heavy atom. The summed E-state index contributed by atoms with van der Waals surface area (Å²) >= 11 is 0. The van der Waals surface area contributed by atoms with Crippen LogP contribution in [0.25, 0.3) is 21.9 Å². The number of carbonyl (C=O) groups excluding carboxylic acids is 1. The van der Waals surface area contributed by atoms with E-state index in [0.29, 0.717) is 36.3 Å². The molecule has 0 bridgehead atoms. The van der Waals surface area contributed by atoms with Gasteiger partial charge in [0.25, 0.3) is 0 Å². The van der Waals surface area contributed by atoms with Gasteiger partial charge in [-0.1, -0.05) is 6.42 Å². The third-order valence-electron chi connectivity index (χ3n) is 8.46. The Hall–Kier alpha value is -2.64. The van der Waals surface area contributed by atoms with Crippen molar-refractivity contribution < 1.29 is 18.4 Å². The molecule has 0 saturated carbocycles. The highest BCUT2D eigenvalue weighted by atomic mass is 16.5. The van der Waals surface area contributed by atoms with E-state index in [1.807, 2.05) is 31.7 Å². The van der Waals surface area contributed by atoms with Crippen molar-refractivity contribution in [3.63, 3.8) is 0 Å². The molecule has 0 radical (unpaired) electrons. The maximum atomic E-state index is 13.6. The number of hydrogen-bond donors (Lipinski definition) is 0. The molecule has 7 heteroatoms. The molecule has 2 aliphatic rings. The Labute approximate surface area is 212 Å². The van der Waals surface area contributed by atoms with Gasteiger partial charge in [-0.3, -0.25) is 4.79 Å². The van der Waals surface area contributed by atoms with Gasteiger partial charge in [0.1, 0.15) is 11.2 Å². The van der Waals surface area contributed by atoms with E-state index in [0.717, 1.165) is 46.0 Å². The second kappa shape index (κ2) is 10.4. The van der Waals surface area contributed by atoms with E-state index in [1.165, 1.54) is 38.8 Å². The van der Waals surface area contributed by atoms with Crippen LogP contribution in [0.2, 0.25) is 0 Å². The first-order chi connectivity index (χ1) is 17.4. The number of furan rings is 1. The van der Waals surface area contributed by atoms with Crippen LogP contribution in [0, 0.1) is 26.7 Å². The predicted octanol–water partition coefficient (Wildman–Crippen LogP) is 4.75. The molecule has 0 spiro atoms. The summed E-state index contributed by atoms with van der Waals surface area (Å²) < 4.78 is 16.8. The smallest absolute Gasteiger partial charge is 0.340 e. The van der Waals surface area contributed by atoms with E-state index in [4.69, 9.17) is 13.6 Å².